The molecule has 1 aromatic carbocycles. The van der Waals surface area contributed by atoms with Crippen LogP contribution in [0.4, 0.5) is 0 Å². The number of halogens is 1. The van der Waals surface area contributed by atoms with Crippen LogP contribution < -0.4 is 9.47 Å². The zero-order valence-corrected chi connectivity index (χ0v) is 11.1. The first-order valence-electron chi connectivity index (χ1n) is 4.70. The number of rotatable bonds is 1. The fraction of sp³-hybridized carbons (Fsp3) is 0.200. The molecule has 82 valence electrons. The molecule has 16 heavy (non-hydrogen) atoms. The third kappa shape index (κ3) is 1.86. The van der Waals surface area contributed by atoms with E-state index in [1.54, 1.807) is 0 Å². The molecule has 0 fully saturated rings. The highest BCUT2D eigenvalue weighted by atomic mass is 127. The summed E-state index contributed by atoms with van der Waals surface area (Å²) in [6, 6.07) is 7.65. The summed E-state index contributed by atoms with van der Waals surface area (Å²) in [7, 11) is 0. The number of para-hydroxylation sites is 2. The first kappa shape index (κ1) is 10.3. The number of nitrogens with zero attached hydrogens (tertiary/aromatic N) is 2. The number of hydrogen-bond donors (Lipinski definition) is 0. The molecule has 2 aromatic rings. The molecule has 0 aliphatic carbocycles. The van der Waals surface area contributed by atoms with Crippen molar-refractivity contribution in [2.75, 3.05) is 6.61 Å². The molecular weight excluding hydrogens is 339 g/mol. The Morgan fingerprint density at radius 3 is 2.81 bits per heavy atom. The summed E-state index contributed by atoms with van der Waals surface area (Å²) >= 11 is 3.67. The van der Waals surface area contributed by atoms with Crippen molar-refractivity contribution in [1.29, 1.82) is 0 Å². The second-order valence-electron chi connectivity index (χ2n) is 3.26. The van der Waals surface area contributed by atoms with Crippen molar-refractivity contribution in [3.8, 4) is 11.5 Å². The summed E-state index contributed by atoms with van der Waals surface area (Å²) in [4.78, 5) is 0. The van der Waals surface area contributed by atoms with E-state index >= 15 is 0 Å². The lowest BCUT2D eigenvalue weighted by molar-refractivity contribution is 0.0906. The SMILES string of the molecule is Ic1nnc(C2COc3ccccc3O2)s1. The van der Waals surface area contributed by atoms with Gasteiger partial charge in [0.2, 0.25) is 0 Å². The third-order valence-electron chi connectivity index (χ3n) is 2.20. The van der Waals surface area contributed by atoms with E-state index in [1.165, 1.54) is 11.3 Å². The van der Waals surface area contributed by atoms with Crippen molar-refractivity contribution >= 4 is 33.9 Å². The Labute approximate surface area is 110 Å². The van der Waals surface area contributed by atoms with Crippen LogP contribution in [0.5, 0.6) is 11.5 Å². The van der Waals surface area contributed by atoms with Crippen LogP contribution in [-0.4, -0.2) is 16.8 Å². The smallest absolute Gasteiger partial charge is 0.186 e. The summed E-state index contributed by atoms with van der Waals surface area (Å²) in [6.07, 6.45) is -0.143. The van der Waals surface area contributed by atoms with E-state index in [2.05, 4.69) is 32.8 Å². The lowest BCUT2D eigenvalue weighted by Crippen LogP contribution is -2.21. The van der Waals surface area contributed by atoms with Crippen molar-refractivity contribution in [2.45, 2.75) is 6.10 Å². The number of fused-ring (bicyclic) bond motifs is 1. The third-order valence-corrected chi connectivity index (χ3v) is 3.88. The highest BCUT2D eigenvalue weighted by Gasteiger charge is 2.25. The molecule has 1 unspecified atom stereocenters. The number of benzene rings is 1. The van der Waals surface area contributed by atoms with E-state index in [0.29, 0.717) is 6.61 Å². The van der Waals surface area contributed by atoms with Gasteiger partial charge in [-0.05, 0) is 34.7 Å². The fourth-order valence-electron chi connectivity index (χ4n) is 1.49. The van der Waals surface area contributed by atoms with E-state index < -0.39 is 0 Å². The lowest BCUT2D eigenvalue weighted by Gasteiger charge is -2.24. The summed E-state index contributed by atoms with van der Waals surface area (Å²) in [5, 5.41) is 8.90. The molecule has 0 spiro atoms. The molecule has 0 amide bonds. The van der Waals surface area contributed by atoms with Crippen molar-refractivity contribution in [3.05, 3.63) is 32.3 Å². The Kier molecular flexibility index (Phi) is 2.68. The number of ether oxygens (including phenoxy) is 2. The molecule has 0 saturated heterocycles. The van der Waals surface area contributed by atoms with Gasteiger partial charge >= 0.3 is 0 Å². The van der Waals surface area contributed by atoms with Crippen molar-refractivity contribution in [1.82, 2.24) is 10.2 Å². The zero-order valence-electron chi connectivity index (χ0n) is 8.09. The molecule has 4 nitrogen and oxygen atoms in total. The van der Waals surface area contributed by atoms with Crippen LogP contribution in [0.25, 0.3) is 0 Å². The van der Waals surface area contributed by atoms with Crippen LogP contribution in [0.2, 0.25) is 0 Å². The average Bonchev–Trinajstić information content (AvgIpc) is 2.75. The fourth-order valence-corrected chi connectivity index (χ4v) is 2.86. The largest absolute Gasteiger partial charge is 0.485 e. The molecule has 6 heteroatoms. The molecule has 3 rings (SSSR count). The Hall–Kier alpha value is -0.890. The second-order valence-corrected chi connectivity index (χ2v) is 6.02. The highest BCUT2D eigenvalue weighted by molar-refractivity contribution is 14.1. The molecule has 1 aromatic heterocycles. The van der Waals surface area contributed by atoms with Gasteiger partial charge in [0, 0.05) is 0 Å². The van der Waals surface area contributed by atoms with Gasteiger partial charge in [-0.25, -0.2) is 0 Å². The van der Waals surface area contributed by atoms with Crippen LogP contribution in [0.15, 0.2) is 24.3 Å². The van der Waals surface area contributed by atoms with E-state index in [0.717, 1.165) is 19.5 Å². The van der Waals surface area contributed by atoms with Gasteiger partial charge < -0.3 is 9.47 Å². The maximum absolute atomic E-state index is 5.81. The summed E-state index contributed by atoms with van der Waals surface area (Å²) < 4.78 is 12.3. The topological polar surface area (TPSA) is 44.2 Å². The Morgan fingerprint density at radius 2 is 2.06 bits per heavy atom. The second kappa shape index (κ2) is 4.17. The minimum atomic E-state index is -0.143. The van der Waals surface area contributed by atoms with Gasteiger partial charge in [0.1, 0.15) is 6.61 Å². The van der Waals surface area contributed by atoms with Crippen molar-refractivity contribution in [3.63, 3.8) is 0 Å². The predicted molar refractivity (Wildman–Crippen MR) is 67.9 cm³/mol. The maximum atomic E-state index is 5.81. The van der Waals surface area contributed by atoms with Crippen LogP contribution in [0.3, 0.4) is 0 Å². The normalized spacial score (nSPS) is 18.4. The van der Waals surface area contributed by atoms with E-state index in [4.69, 9.17) is 9.47 Å². The predicted octanol–water partition coefficient (Wildman–Crippen LogP) is 2.66. The quantitative estimate of drug-likeness (QED) is 0.745. The molecule has 1 atom stereocenters. The molecule has 0 radical (unpaired) electrons. The zero-order chi connectivity index (χ0) is 11.0. The minimum absolute atomic E-state index is 0.143. The first-order valence-corrected chi connectivity index (χ1v) is 6.60. The average molecular weight is 346 g/mol. The lowest BCUT2D eigenvalue weighted by atomic mass is 10.3. The monoisotopic (exact) mass is 346 g/mol. The van der Waals surface area contributed by atoms with Gasteiger partial charge in [0.25, 0.3) is 0 Å². The minimum Gasteiger partial charge on any atom is -0.485 e. The molecule has 1 aliphatic heterocycles. The van der Waals surface area contributed by atoms with Gasteiger partial charge in [-0.15, -0.1) is 10.2 Å². The Bertz CT molecular complexity index is 517. The van der Waals surface area contributed by atoms with Crippen LogP contribution in [0.1, 0.15) is 11.1 Å². The van der Waals surface area contributed by atoms with Crippen molar-refractivity contribution in [2.24, 2.45) is 0 Å². The van der Waals surface area contributed by atoms with Crippen LogP contribution in [0, 0.1) is 3.01 Å². The molecular formula is C10H7IN2O2S. The van der Waals surface area contributed by atoms with Crippen LogP contribution in [-0.2, 0) is 0 Å². The first-order chi connectivity index (χ1) is 7.83. The molecule has 1 aliphatic rings. The van der Waals surface area contributed by atoms with Gasteiger partial charge in [0.05, 0.1) is 0 Å². The van der Waals surface area contributed by atoms with Gasteiger partial charge in [0.15, 0.2) is 25.6 Å². The highest BCUT2D eigenvalue weighted by Crippen LogP contribution is 2.36. The number of hydrogen-bond acceptors (Lipinski definition) is 5. The molecule has 0 saturated carbocycles. The van der Waals surface area contributed by atoms with Gasteiger partial charge in [-0.1, -0.05) is 23.5 Å². The Balaban J connectivity index is 1.88. The van der Waals surface area contributed by atoms with E-state index in [9.17, 15) is 0 Å². The van der Waals surface area contributed by atoms with Gasteiger partial charge in [-0.3, -0.25) is 0 Å². The standard InChI is InChI=1S/C10H7IN2O2S/c11-10-13-12-9(16-10)8-5-14-6-3-1-2-4-7(6)15-8/h1-4,8H,5H2. The van der Waals surface area contributed by atoms with Crippen LogP contribution >= 0.6 is 33.9 Å². The molecule has 2 heterocycles. The van der Waals surface area contributed by atoms with Crippen molar-refractivity contribution < 1.29 is 9.47 Å². The number of aromatic nitrogens is 2. The maximum Gasteiger partial charge on any atom is 0.186 e. The summed E-state index contributed by atoms with van der Waals surface area (Å²) in [5.41, 5.74) is 0. The summed E-state index contributed by atoms with van der Waals surface area (Å²) in [5.74, 6) is 1.56. The molecule has 0 bridgehead atoms. The van der Waals surface area contributed by atoms with E-state index in [1.807, 2.05) is 24.3 Å². The Morgan fingerprint density at radius 1 is 1.25 bits per heavy atom. The summed E-state index contributed by atoms with van der Waals surface area (Å²) in [6.45, 7) is 0.488. The molecule has 0 N–H and O–H groups in total. The van der Waals surface area contributed by atoms with Gasteiger partial charge in [-0.2, -0.15) is 0 Å². The van der Waals surface area contributed by atoms with E-state index in [-0.39, 0.29) is 6.10 Å².